The number of carbonyl (C=O) groups is 3. The zero-order valence-corrected chi connectivity index (χ0v) is 12.1. The molecule has 21 heavy (non-hydrogen) atoms. The number of likely N-dealkylation sites (N-methyl/N-ethyl adjacent to an activating group) is 1. The van der Waals surface area contributed by atoms with Crippen molar-refractivity contribution in [1.82, 2.24) is 10.1 Å². The minimum Gasteiger partial charge on any atom is -0.481 e. The van der Waals surface area contributed by atoms with Crippen LogP contribution < -0.4 is 5.32 Å². The molecule has 0 radical (unpaired) electrons. The highest BCUT2D eigenvalue weighted by atomic mass is 16.5. The molecule has 0 aromatic carbocycles. The summed E-state index contributed by atoms with van der Waals surface area (Å²) in [6, 6.07) is 1.58. The quantitative estimate of drug-likeness (QED) is 0.693. The Bertz CT molecular complexity index is 512. The summed E-state index contributed by atoms with van der Waals surface area (Å²) in [4.78, 5) is 35.1. The standard InChI is InChI=1S/C13H19N3O5/c1-9-7-10(15-21-9)14-11(17)8-16(2)12(18)5-3-4-6-13(19)20/h7H,3-6,8H2,1-2H3,(H,19,20)(H,14,15,17). The summed E-state index contributed by atoms with van der Waals surface area (Å²) in [5, 5.41) is 14.6. The molecule has 1 aromatic rings. The van der Waals surface area contributed by atoms with E-state index < -0.39 is 5.97 Å². The Morgan fingerprint density at radius 2 is 2.00 bits per heavy atom. The molecule has 0 atom stereocenters. The van der Waals surface area contributed by atoms with Crippen molar-refractivity contribution < 1.29 is 24.0 Å². The van der Waals surface area contributed by atoms with Gasteiger partial charge in [-0.15, -0.1) is 0 Å². The lowest BCUT2D eigenvalue weighted by Gasteiger charge is -2.16. The van der Waals surface area contributed by atoms with Crippen LogP contribution in [0, 0.1) is 6.92 Å². The molecule has 0 bridgehead atoms. The molecule has 1 aromatic heterocycles. The van der Waals surface area contributed by atoms with Crippen LogP contribution in [0.5, 0.6) is 0 Å². The number of unbranched alkanes of at least 4 members (excludes halogenated alkanes) is 1. The summed E-state index contributed by atoms with van der Waals surface area (Å²) in [7, 11) is 1.52. The molecule has 0 fully saturated rings. The van der Waals surface area contributed by atoms with Gasteiger partial charge in [0, 0.05) is 26.0 Å². The summed E-state index contributed by atoms with van der Waals surface area (Å²) in [5.41, 5.74) is 0. The van der Waals surface area contributed by atoms with Gasteiger partial charge in [-0.05, 0) is 19.8 Å². The minimum atomic E-state index is -0.877. The Hall–Kier alpha value is -2.38. The number of aliphatic carboxylic acids is 1. The third-order valence-corrected chi connectivity index (χ3v) is 2.73. The second-order valence-electron chi connectivity index (χ2n) is 4.72. The van der Waals surface area contributed by atoms with Crippen LogP contribution in [0.2, 0.25) is 0 Å². The van der Waals surface area contributed by atoms with Crippen LogP contribution in [0.15, 0.2) is 10.6 Å². The number of rotatable bonds is 8. The van der Waals surface area contributed by atoms with Crippen LogP contribution in [-0.4, -0.2) is 46.5 Å². The monoisotopic (exact) mass is 297 g/mol. The van der Waals surface area contributed by atoms with E-state index in [2.05, 4.69) is 10.5 Å². The highest BCUT2D eigenvalue weighted by molar-refractivity contribution is 5.93. The van der Waals surface area contributed by atoms with Crippen molar-refractivity contribution in [2.45, 2.75) is 32.6 Å². The van der Waals surface area contributed by atoms with Gasteiger partial charge in [0.25, 0.3) is 0 Å². The molecule has 8 nitrogen and oxygen atoms in total. The van der Waals surface area contributed by atoms with Gasteiger partial charge in [0.1, 0.15) is 5.76 Å². The molecule has 2 N–H and O–H groups in total. The predicted molar refractivity (Wildman–Crippen MR) is 73.6 cm³/mol. The fraction of sp³-hybridized carbons (Fsp3) is 0.538. The molecule has 0 aliphatic heterocycles. The summed E-state index contributed by atoms with van der Waals surface area (Å²) in [5.74, 6) is -0.567. The Kier molecular flexibility index (Phi) is 6.38. The number of hydrogen-bond donors (Lipinski definition) is 2. The van der Waals surface area contributed by atoms with Crippen LogP contribution in [0.4, 0.5) is 5.82 Å². The van der Waals surface area contributed by atoms with Gasteiger partial charge in [0.15, 0.2) is 5.82 Å². The van der Waals surface area contributed by atoms with Crippen molar-refractivity contribution in [1.29, 1.82) is 0 Å². The van der Waals surface area contributed by atoms with E-state index in [1.807, 2.05) is 0 Å². The van der Waals surface area contributed by atoms with E-state index in [9.17, 15) is 14.4 Å². The zero-order chi connectivity index (χ0) is 15.8. The molecule has 0 saturated heterocycles. The Balaban J connectivity index is 2.27. The largest absolute Gasteiger partial charge is 0.481 e. The maximum Gasteiger partial charge on any atom is 0.303 e. The van der Waals surface area contributed by atoms with Crippen molar-refractivity contribution >= 4 is 23.6 Å². The van der Waals surface area contributed by atoms with Crippen LogP contribution in [0.1, 0.15) is 31.4 Å². The van der Waals surface area contributed by atoms with Crippen LogP contribution in [0.25, 0.3) is 0 Å². The number of carboxylic acid groups (broad SMARTS) is 1. The highest BCUT2D eigenvalue weighted by Crippen LogP contribution is 2.07. The summed E-state index contributed by atoms with van der Waals surface area (Å²) in [6.07, 6.45) is 1.20. The molecule has 0 aliphatic carbocycles. The van der Waals surface area contributed by atoms with E-state index >= 15 is 0 Å². The Labute approximate surface area is 122 Å². The van der Waals surface area contributed by atoms with E-state index in [1.165, 1.54) is 11.9 Å². The second-order valence-corrected chi connectivity index (χ2v) is 4.72. The fourth-order valence-electron chi connectivity index (χ4n) is 1.65. The molecule has 1 rings (SSSR count). The predicted octanol–water partition coefficient (Wildman–Crippen LogP) is 1.02. The third-order valence-electron chi connectivity index (χ3n) is 2.73. The number of carbonyl (C=O) groups excluding carboxylic acids is 2. The first-order valence-corrected chi connectivity index (χ1v) is 6.57. The number of aryl methyl sites for hydroxylation is 1. The lowest BCUT2D eigenvalue weighted by Crippen LogP contribution is -2.34. The second kappa shape index (κ2) is 8.03. The summed E-state index contributed by atoms with van der Waals surface area (Å²) >= 11 is 0. The number of nitrogens with zero attached hydrogens (tertiary/aromatic N) is 2. The van der Waals surface area contributed by atoms with Crippen LogP contribution in [-0.2, 0) is 14.4 Å². The average Bonchev–Trinajstić information content (AvgIpc) is 2.79. The van der Waals surface area contributed by atoms with Crippen LogP contribution in [0.3, 0.4) is 0 Å². The molecule has 8 heteroatoms. The Morgan fingerprint density at radius 3 is 2.57 bits per heavy atom. The van der Waals surface area contributed by atoms with E-state index in [0.29, 0.717) is 24.4 Å². The van der Waals surface area contributed by atoms with Crippen molar-refractivity contribution in [3.8, 4) is 0 Å². The lowest BCUT2D eigenvalue weighted by atomic mass is 10.2. The van der Waals surface area contributed by atoms with Crippen molar-refractivity contribution in [3.63, 3.8) is 0 Å². The van der Waals surface area contributed by atoms with E-state index in [4.69, 9.17) is 9.63 Å². The molecular formula is C13H19N3O5. The zero-order valence-electron chi connectivity index (χ0n) is 12.1. The van der Waals surface area contributed by atoms with Gasteiger partial charge in [-0.25, -0.2) is 0 Å². The first-order valence-electron chi connectivity index (χ1n) is 6.57. The topological polar surface area (TPSA) is 113 Å². The van der Waals surface area contributed by atoms with Gasteiger partial charge < -0.3 is 19.8 Å². The van der Waals surface area contributed by atoms with Crippen molar-refractivity contribution in [3.05, 3.63) is 11.8 Å². The lowest BCUT2D eigenvalue weighted by molar-refractivity contribution is -0.137. The number of carboxylic acids is 1. The maximum absolute atomic E-state index is 11.7. The van der Waals surface area contributed by atoms with Gasteiger partial charge >= 0.3 is 5.97 Å². The first-order chi connectivity index (χ1) is 9.88. The van der Waals surface area contributed by atoms with Crippen molar-refractivity contribution in [2.24, 2.45) is 0 Å². The van der Waals surface area contributed by atoms with Gasteiger partial charge in [-0.3, -0.25) is 14.4 Å². The SMILES string of the molecule is Cc1cc(NC(=O)CN(C)C(=O)CCCCC(=O)O)no1. The molecule has 0 spiro atoms. The number of nitrogens with one attached hydrogen (secondary N) is 1. The number of aromatic nitrogens is 1. The van der Waals surface area contributed by atoms with Gasteiger partial charge in [0.05, 0.1) is 6.54 Å². The van der Waals surface area contributed by atoms with E-state index in [0.717, 1.165) is 0 Å². The average molecular weight is 297 g/mol. The molecule has 0 saturated carbocycles. The first kappa shape index (κ1) is 16.7. The summed E-state index contributed by atoms with van der Waals surface area (Å²) in [6.45, 7) is 1.61. The normalized spacial score (nSPS) is 10.2. The minimum absolute atomic E-state index is 0.0446. The van der Waals surface area contributed by atoms with E-state index in [1.54, 1.807) is 13.0 Å². The molecule has 1 heterocycles. The smallest absolute Gasteiger partial charge is 0.303 e. The maximum atomic E-state index is 11.7. The fourth-order valence-corrected chi connectivity index (χ4v) is 1.65. The molecule has 2 amide bonds. The number of hydrogen-bond acceptors (Lipinski definition) is 5. The van der Waals surface area contributed by atoms with E-state index in [-0.39, 0.29) is 31.2 Å². The number of anilines is 1. The third kappa shape index (κ3) is 6.55. The van der Waals surface area contributed by atoms with Gasteiger partial charge in [-0.2, -0.15) is 0 Å². The molecule has 0 unspecified atom stereocenters. The number of amides is 2. The summed E-state index contributed by atoms with van der Waals surface area (Å²) < 4.78 is 4.81. The molecule has 0 aliphatic rings. The van der Waals surface area contributed by atoms with Gasteiger partial charge in [0.2, 0.25) is 11.8 Å². The Morgan fingerprint density at radius 1 is 1.33 bits per heavy atom. The van der Waals surface area contributed by atoms with Crippen molar-refractivity contribution in [2.75, 3.05) is 18.9 Å². The molecule has 116 valence electrons. The van der Waals surface area contributed by atoms with Crippen LogP contribution >= 0.6 is 0 Å². The van der Waals surface area contributed by atoms with Gasteiger partial charge in [-0.1, -0.05) is 5.16 Å². The highest BCUT2D eigenvalue weighted by Gasteiger charge is 2.14. The molecular weight excluding hydrogens is 278 g/mol.